The highest BCUT2D eigenvalue weighted by molar-refractivity contribution is 5.90. The zero-order valence-electron chi connectivity index (χ0n) is 14.8. The Bertz CT molecular complexity index is 883. The summed E-state index contributed by atoms with van der Waals surface area (Å²) in [5.41, 5.74) is 0.990. The summed E-state index contributed by atoms with van der Waals surface area (Å²) in [6.45, 7) is 4.05. The van der Waals surface area contributed by atoms with Gasteiger partial charge in [-0.25, -0.2) is 4.39 Å². The number of phenols is 1. The van der Waals surface area contributed by atoms with E-state index in [1.807, 2.05) is 19.9 Å². The van der Waals surface area contributed by atoms with Gasteiger partial charge in [-0.15, -0.1) is 0 Å². The molecule has 4 rings (SSSR count). The number of amides is 1. The largest absolute Gasteiger partial charge is 0.508 e. The van der Waals surface area contributed by atoms with Gasteiger partial charge in [-0.1, -0.05) is 0 Å². The third kappa shape index (κ3) is 2.84. The molecule has 2 aliphatic heterocycles. The average molecular weight is 355 g/mol. The van der Waals surface area contributed by atoms with Crippen LogP contribution in [-0.2, 0) is 4.79 Å². The molecule has 2 fully saturated rings. The number of hydrogen-bond donors (Lipinski definition) is 3. The first-order valence-electron chi connectivity index (χ1n) is 8.83. The van der Waals surface area contributed by atoms with Crippen molar-refractivity contribution in [2.24, 2.45) is 0 Å². The van der Waals surface area contributed by atoms with Crippen LogP contribution in [0.1, 0.15) is 44.8 Å². The normalized spacial score (nSPS) is 27.0. The highest BCUT2D eigenvalue weighted by Crippen LogP contribution is 2.41. The van der Waals surface area contributed by atoms with Gasteiger partial charge < -0.3 is 10.4 Å². The molecular weight excluding hydrogens is 333 g/mol. The first kappa shape index (κ1) is 17.0. The lowest BCUT2D eigenvalue weighted by Crippen LogP contribution is -2.47. The number of aromatic nitrogens is 1. The maximum atomic E-state index is 14.1. The molecule has 2 aliphatic rings. The van der Waals surface area contributed by atoms with Gasteiger partial charge in [0.25, 0.3) is 0 Å². The molecule has 0 saturated carbocycles. The van der Waals surface area contributed by atoms with Gasteiger partial charge in [0.05, 0.1) is 11.7 Å². The Balaban J connectivity index is 1.62. The number of phenolic OH excluding ortho intramolecular Hbond substituents is 1. The quantitative estimate of drug-likeness (QED) is 0.774. The number of halogens is 1. The molecule has 3 N–H and O–H groups in total. The summed E-state index contributed by atoms with van der Waals surface area (Å²) in [4.78, 5) is 16.9. The van der Waals surface area contributed by atoms with E-state index in [1.54, 1.807) is 12.3 Å². The first-order valence-corrected chi connectivity index (χ1v) is 8.83. The van der Waals surface area contributed by atoms with Crippen molar-refractivity contribution in [3.05, 3.63) is 48.0 Å². The lowest BCUT2D eigenvalue weighted by Gasteiger charge is -2.24. The summed E-state index contributed by atoms with van der Waals surface area (Å²) in [7, 11) is 0. The fraction of sp³-hybridized carbons (Fsp3) is 0.400. The zero-order chi connectivity index (χ0) is 18.5. The van der Waals surface area contributed by atoms with Crippen molar-refractivity contribution in [1.82, 2.24) is 15.6 Å². The van der Waals surface area contributed by atoms with E-state index in [0.29, 0.717) is 11.1 Å². The smallest absolute Gasteiger partial charge is 0.240 e. The van der Waals surface area contributed by atoms with Crippen LogP contribution in [0.4, 0.5) is 4.39 Å². The number of pyridine rings is 1. The lowest BCUT2D eigenvalue weighted by atomic mass is 9.88. The van der Waals surface area contributed by atoms with Crippen LogP contribution in [0.3, 0.4) is 0 Å². The van der Waals surface area contributed by atoms with Crippen LogP contribution in [0.25, 0.3) is 11.1 Å². The molecule has 2 unspecified atom stereocenters. The van der Waals surface area contributed by atoms with E-state index in [0.717, 1.165) is 25.0 Å². The number of hydrogen-bond acceptors (Lipinski definition) is 4. The molecule has 1 aromatic heterocycles. The van der Waals surface area contributed by atoms with Crippen molar-refractivity contribution in [3.63, 3.8) is 0 Å². The van der Waals surface area contributed by atoms with Crippen LogP contribution < -0.4 is 10.6 Å². The molecule has 0 bridgehead atoms. The number of nitrogens with zero attached hydrogens (tertiary/aromatic N) is 1. The van der Waals surface area contributed by atoms with Crippen LogP contribution in [0.2, 0.25) is 0 Å². The van der Waals surface area contributed by atoms with Gasteiger partial charge in [0, 0.05) is 17.3 Å². The molecule has 2 saturated heterocycles. The van der Waals surface area contributed by atoms with Crippen LogP contribution in [0.15, 0.2) is 36.5 Å². The maximum Gasteiger partial charge on any atom is 0.240 e. The van der Waals surface area contributed by atoms with Crippen molar-refractivity contribution in [2.45, 2.75) is 50.2 Å². The Morgan fingerprint density at radius 3 is 2.81 bits per heavy atom. The van der Waals surface area contributed by atoms with Crippen molar-refractivity contribution in [1.29, 1.82) is 0 Å². The monoisotopic (exact) mass is 355 g/mol. The van der Waals surface area contributed by atoms with Crippen molar-refractivity contribution >= 4 is 5.91 Å². The number of carbonyl (C=O) groups excluding carboxylic acids is 1. The molecule has 1 spiro atoms. The van der Waals surface area contributed by atoms with Gasteiger partial charge in [0.2, 0.25) is 5.91 Å². The molecule has 0 aliphatic carbocycles. The van der Waals surface area contributed by atoms with Gasteiger partial charge in [0.1, 0.15) is 17.1 Å². The Hall–Kier alpha value is -2.47. The Morgan fingerprint density at radius 1 is 1.27 bits per heavy atom. The SMILES string of the molecule is CC1(C)CC2(CCC(c3cc(-c4cc(O)ccc4F)ccn3)N2)C(=O)N1. The maximum absolute atomic E-state index is 14.1. The number of nitrogens with one attached hydrogen (secondary N) is 2. The first-order chi connectivity index (χ1) is 12.3. The molecule has 3 heterocycles. The number of benzene rings is 1. The zero-order valence-corrected chi connectivity index (χ0v) is 14.8. The Labute approximate surface area is 151 Å². The van der Waals surface area contributed by atoms with Gasteiger partial charge in [-0.2, -0.15) is 0 Å². The fourth-order valence-corrected chi connectivity index (χ4v) is 4.26. The topological polar surface area (TPSA) is 74.2 Å². The minimum Gasteiger partial charge on any atom is -0.508 e. The van der Waals surface area contributed by atoms with Gasteiger partial charge in [0.15, 0.2) is 0 Å². The predicted octanol–water partition coefficient (Wildman–Crippen LogP) is 3.06. The summed E-state index contributed by atoms with van der Waals surface area (Å²) >= 11 is 0. The minimum absolute atomic E-state index is 0.0163. The van der Waals surface area contributed by atoms with E-state index in [9.17, 15) is 14.3 Å². The van der Waals surface area contributed by atoms with Crippen LogP contribution >= 0.6 is 0 Å². The summed E-state index contributed by atoms with van der Waals surface area (Å²) < 4.78 is 14.1. The Kier molecular flexibility index (Phi) is 3.77. The molecular formula is C20H22FN3O2. The third-order valence-corrected chi connectivity index (χ3v) is 5.34. The van der Waals surface area contributed by atoms with Gasteiger partial charge in [-0.05, 0) is 69.0 Å². The van der Waals surface area contributed by atoms with E-state index >= 15 is 0 Å². The van der Waals surface area contributed by atoms with Crippen LogP contribution in [0.5, 0.6) is 5.75 Å². The molecule has 2 atom stereocenters. The van der Waals surface area contributed by atoms with E-state index < -0.39 is 11.4 Å². The summed E-state index contributed by atoms with van der Waals surface area (Å²) in [6, 6.07) is 7.46. The molecule has 2 aromatic rings. The molecule has 1 amide bonds. The van der Waals surface area contributed by atoms with Crippen molar-refractivity contribution in [3.8, 4) is 16.9 Å². The van der Waals surface area contributed by atoms with Gasteiger partial charge in [-0.3, -0.25) is 15.1 Å². The standard InChI is InChI=1S/C20H22FN3O2/c1-19(2)11-20(18(26)24-19)7-5-16(23-20)17-9-12(6-8-22-17)14-10-13(25)3-4-15(14)21/h3-4,6,8-10,16,23,25H,5,7,11H2,1-2H3,(H,24,26). The second kappa shape index (κ2) is 5.77. The minimum atomic E-state index is -0.553. The van der Waals surface area contributed by atoms with Gasteiger partial charge >= 0.3 is 0 Å². The predicted molar refractivity (Wildman–Crippen MR) is 96.0 cm³/mol. The number of rotatable bonds is 2. The van der Waals surface area contributed by atoms with E-state index in [4.69, 9.17) is 0 Å². The molecule has 5 nitrogen and oxygen atoms in total. The molecule has 136 valence electrons. The van der Waals surface area contributed by atoms with Crippen LogP contribution in [-0.4, -0.2) is 27.1 Å². The highest BCUT2D eigenvalue weighted by atomic mass is 19.1. The summed E-state index contributed by atoms with van der Waals surface area (Å²) in [5.74, 6) is -0.338. The van der Waals surface area contributed by atoms with E-state index in [-0.39, 0.29) is 23.2 Å². The third-order valence-electron chi connectivity index (χ3n) is 5.34. The number of aromatic hydroxyl groups is 1. The van der Waals surface area contributed by atoms with E-state index in [2.05, 4.69) is 15.6 Å². The second-order valence-electron chi connectivity index (χ2n) is 7.97. The summed E-state index contributed by atoms with van der Waals surface area (Å²) in [6.07, 6.45) is 3.91. The number of carbonyl (C=O) groups is 1. The Morgan fingerprint density at radius 2 is 2.08 bits per heavy atom. The average Bonchev–Trinajstić information content (AvgIpc) is 3.10. The molecule has 26 heavy (non-hydrogen) atoms. The summed E-state index contributed by atoms with van der Waals surface area (Å²) in [5, 5.41) is 16.2. The second-order valence-corrected chi connectivity index (χ2v) is 7.97. The van der Waals surface area contributed by atoms with Crippen molar-refractivity contribution < 1.29 is 14.3 Å². The molecule has 1 aromatic carbocycles. The highest BCUT2D eigenvalue weighted by Gasteiger charge is 2.54. The molecule has 0 radical (unpaired) electrons. The van der Waals surface area contributed by atoms with E-state index in [1.165, 1.54) is 18.2 Å². The van der Waals surface area contributed by atoms with Crippen LogP contribution in [0, 0.1) is 5.82 Å². The van der Waals surface area contributed by atoms with Crippen molar-refractivity contribution in [2.75, 3.05) is 0 Å². The molecule has 6 heteroatoms. The lowest BCUT2D eigenvalue weighted by molar-refractivity contribution is -0.124. The fourth-order valence-electron chi connectivity index (χ4n) is 4.26.